The van der Waals surface area contributed by atoms with E-state index in [9.17, 15) is 5.11 Å². The molecule has 2 aliphatic heterocycles. The maximum atomic E-state index is 10.1. The molecule has 2 saturated heterocycles. The number of hydrogen-bond donors (Lipinski definition) is 1. The van der Waals surface area contributed by atoms with E-state index in [4.69, 9.17) is 0 Å². The van der Waals surface area contributed by atoms with Gasteiger partial charge in [0.1, 0.15) is 0 Å². The van der Waals surface area contributed by atoms with Crippen LogP contribution in [0.25, 0.3) is 0 Å². The molecule has 17 heavy (non-hydrogen) atoms. The van der Waals surface area contributed by atoms with Crippen molar-refractivity contribution in [3.8, 4) is 0 Å². The second kappa shape index (κ2) is 4.43. The van der Waals surface area contributed by atoms with Crippen LogP contribution in [0.1, 0.15) is 37.8 Å². The molecule has 0 radical (unpaired) electrons. The third kappa shape index (κ3) is 2.00. The molecule has 4 rings (SSSR count). The first-order valence-corrected chi connectivity index (χ1v) is 6.74. The molecule has 2 bridgehead atoms. The van der Waals surface area contributed by atoms with Gasteiger partial charge in [-0.25, -0.2) is 0 Å². The lowest BCUT2D eigenvalue weighted by atomic mass is 9.77. The third-order valence-electron chi connectivity index (χ3n) is 4.56. The van der Waals surface area contributed by atoms with Crippen LogP contribution in [0.3, 0.4) is 0 Å². The van der Waals surface area contributed by atoms with Crippen molar-refractivity contribution in [2.24, 2.45) is 5.92 Å². The van der Waals surface area contributed by atoms with Gasteiger partial charge in [-0.2, -0.15) is 0 Å². The minimum atomic E-state index is -0.103. The van der Waals surface area contributed by atoms with Gasteiger partial charge in [-0.3, -0.25) is 4.90 Å². The Kier molecular flexibility index (Phi) is 2.93. The van der Waals surface area contributed by atoms with E-state index in [-0.39, 0.29) is 6.10 Å². The molecule has 0 amide bonds. The lowest BCUT2D eigenvalue weighted by molar-refractivity contribution is -0.0713. The quantitative estimate of drug-likeness (QED) is 0.845. The molecule has 1 aromatic carbocycles. The highest BCUT2D eigenvalue weighted by atomic mass is 16.3. The van der Waals surface area contributed by atoms with Crippen LogP contribution in [-0.4, -0.2) is 28.7 Å². The van der Waals surface area contributed by atoms with E-state index < -0.39 is 0 Å². The summed E-state index contributed by atoms with van der Waals surface area (Å²) in [6.07, 6.45) is 3.39. The Bertz CT molecular complexity index is 378. The van der Waals surface area contributed by atoms with Gasteiger partial charge in [-0.15, -0.1) is 0 Å². The van der Waals surface area contributed by atoms with Gasteiger partial charge in [0.2, 0.25) is 0 Å². The number of benzene rings is 1. The number of rotatable bonds is 2. The van der Waals surface area contributed by atoms with Gasteiger partial charge < -0.3 is 5.11 Å². The van der Waals surface area contributed by atoms with Crippen LogP contribution < -0.4 is 0 Å². The van der Waals surface area contributed by atoms with Crippen LogP contribution in [0.5, 0.6) is 0 Å². The predicted molar refractivity (Wildman–Crippen MR) is 68.7 cm³/mol. The first kappa shape index (κ1) is 11.2. The van der Waals surface area contributed by atoms with Crippen LogP contribution in [-0.2, 0) is 0 Å². The second-order valence-electron chi connectivity index (χ2n) is 5.60. The third-order valence-corrected chi connectivity index (χ3v) is 4.56. The van der Waals surface area contributed by atoms with Crippen LogP contribution in [0, 0.1) is 5.92 Å². The van der Waals surface area contributed by atoms with Crippen molar-refractivity contribution in [2.45, 2.75) is 44.4 Å². The topological polar surface area (TPSA) is 23.5 Å². The standard InChI is InChI=1S/C15H21NO/c1-11(13-5-3-2-4-6-13)16-10-12-7-8-14(16)15(17)9-12/h2-6,11-12,14-15,17H,7-10H2,1H3/t11-,12?,14-,15?/m1/s1. The Balaban J connectivity index is 1.81. The molecule has 1 N–H and O–H groups in total. The Morgan fingerprint density at radius 2 is 2.00 bits per heavy atom. The highest BCUT2D eigenvalue weighted by Gasteiger charge is 2.41. The maximum Gasteiger partial charge on any atom is 0.0698 e. The second-order valence-corrected chi connectivity index (χ2v) is 5.60. The van der Waals surface area contributed by atoms with E-state index in [1.165, 1.54) is 18.4 Å². The lowest BCUT2D eigenvalue weighted by Crippen LogP contribution is -2.56. The van der Waals surface area contributed by atoms with Gasteiger partial charge in [-0.05, 0) is 37.7 Å². The zero-order valence-corrected chi connectivity index (χ0v) is 10.4. The molecular formula is C15H21NO. The van der Waals surface area contributed by atoms with Gasteiger partial charge in [0.15, 0.2) is 0 Å². The van der Waals surface area contributed by atoms with E-state index in [1.54, 1.807) is 0 Å². The predicted octanol–water partition coefficient (Wildman–Crippen LogP) is 2.59. The van der Waals surface area contributed by atoms with Crippen molar-refractivity contribution in [3.63, 3.8) is 0 Å². The SMILES string of the molecule is C[C@H](c1ccccc1)N1CC2CC[C@@H]1C(O)C2. The molecule has 92 valence electrons. The molecular weight excluding hydrogens is 210 g/mol. The number of hydrogen-bond acceptors (Lipinski definition) is 2. The minimum Gasteiger partial charge on any atom is -0.391 e. The molecule has 0 aromatic heterocycles. The smallest absolute Gasteiger partial charge is 0.0698 e. The first-order valence-electron chi connectivity index (χ1n) is 6.74. The van der Waals surface area contributed by atoms with E-state index in [0.717, 1.165) is 13.0 Å². The molecule has 2 unspecified atom stereocenters. The fourth-order valence-electron chi connectivity index (χ4n) is 3.57. The Morgan fingerprint density at radius 1 is 1.24 bits per heavy atom. The number of aliphatic hydroxyl groups excluding tert-OH is 1. The number of nitrogens with zero attached hydrogens (tertiary/aromatic N) is 1. The van der Waals surface area contributed by atoms with Crippen molar-refractivity contribution in [1.29, 1.82) is 0 Å². The van der Waals surface area contributed by atoms with Crippen LogP contribution >= 0.6 is 0 Å². The Labute approximate surface area is 103 Å². The summed E-state index contributed by atoms with van der Waals surface area (Å²) in [5.74, 6) is 0.709. The number of fused-ring (bicyclic) bond motifs is 3. The Morgan fingerprint density at radius 3 is 2.65 bits per heavy atom. The van der Waals surface area contributed by atoms with Gasteiger partial charge in [0.05, 0.1) is 6.10 Å². The van der Waals surface area contributed by atoms with Crippen molar-refractivity contribution in [2.75, 3.05) is 6.54 Å². The molecule has 1 aromatic rings. The van der Waals surface area contributed by atoms with Crippen molar-refractivity contribution in [3.05, 3.63) is 35.9 Å². The molecule has 1 aliphatic carbocycles. The Hall–Kier alpha value is -0.860. The molecule has 2 nitrogen and oxygen atoms in total. The first-order chi connectivity index (χ1) is 8.25. The number of aliphatic hydroxyl groups is 1. The van der Waals surface area contributed by atoms with E-state index >= 15 is 0 Å². The van der Waals surface area contributed by atoms with E-state index in [1.807, 2.05) is 0 Å². The average molecular weight is 231 g/mol. The summed E-state index contributed by atoms with van der Waals surface area (Å²) in [5.41, 5.74) is 1.37. The largest absolute Gasteiger partial charge is 0.391 e. The summed E-state index contributed by atoms with van der Waals surface area (Å²) in [4.78, 5) is 2.51. The van der Waals surface area contributed by atoms with E-state index in [2.05, 4.69) is 42.2 Å². The highest BCUT2D eigenvalue weighted by molar-refractivity contribution is 5.19. The summed E-state index contributed by atoms with van der Waals surface area (Å²) < 4.78 is 0. The molecule has 0 spiro atoms. The highest BCUT2D eigenvalue weighted by Crippen LogP contribution is 2.39. The molecule has 4 atom stereocenters. The molecule has 3 aliphatic rings. The van der Waals surface area contributed by atoms with Crippen LogP contribution in [0.4, 0.5) is 0 Å². The number of piperidine rings is 2. The molecule has 3 fully saturated rings. The van der Waals surface area contributed by atoms with Crippen molar-refractivity contribution >= 4 is 0 Å². The zero-order valence-electron chi connectivity index (χ0n) is 10.4. The van der Waals surface area contributed by atoms with E-state index in [0.29, 0.717) is 18.0 Å². The minimum absolute atomic E-state index is 0.103. The molecule has 2 heterocycles. The normalized spacial score (nSPS) is 34.8. The lowest BCUT2D eigenvalue weighted by Gasteiger charge is -2.50. The van der Waals surface area contributed by atoms with Gasteiger partial charge in [0, 0.05) is 18.6 Å². The monoisotopic (exact) mass is 231 g/mol. The van der Waals surface area contributed by atoms with Crippen molar-refractivity contribution < 1.29 is 5.11 Å². The maximum absolute atomic E-state index is 10.1. The average Bonchev–Trinajstić information content (AvgIpc) is 2.39. The summed E-state index contributed by atoms with van der Waals surface area (Å²) >= 11 is 0. The van der Waals surface area contributed by atoms with Gasteiger partial charge in [-0.1, -0.05) is 30.3 Å². The van der Waals surface area contributed by atoms with Gasteiger partial charge in [0.25, 0.3) is 0 Å². The summed E-state index contributed by atoms with van der Waals surface area (Å²) in [6.45, 7) is 3.43. The fraction of sp³-hybridized carbons (Fsp3) is 0.600. The fourth-order valence-corrected chi connectivity index (χ4v) is 3.57. The summed E-state index contributed by atoms with van der Waals surface area (Å²) in [6, 6.07) is 11.5. The zero-order chi connectivity index (χ0) is 11.8. The van der Waals surface area contributed by atoms with Gasteiger partial charge >= 0.3 is 0 Å². The van der Waals surface area contributed by atoms with Crippen molar-refractivity contribution in [1.82, 2.24) is 4.90 Å². The summed E-state index contributed by atoms with van der Waals surface area (Å²) in [7, 11) is 0. The molecule has 1 saturated carbocycles. The molecule has 2 heteroatoms. The van der Waals surface area contributed by atoms with Crippen LogP contribution in [0.15, 0.2) is 30.3 Å². The summed E-state index contributed by atoms with van der Waals surface area (Å²) in [5, 5.41) is 10.1. The van der Waals surface area contributed by atoms with Crippen LogP contribution in [0.2, 0.25) is 0 Å².